The van der Waals surface area contributed by atoms with Crippen molar-refractivity contribution < 1.29 is 5.11 Å². The van der Waals surface area contributed by atoms with Gasteiger partial charge in [-0.3, -0.25) is 0 Å². The zero-order valence-electron chi connectivity index (χ0n) is 9.78. The molecule has 0 saturated heterocycles. The fraction of sp³-hybridized carbons (Fsp3) is 0.750. The Morgan fingerprint density at radius 2 is 2.25 bits per heavy atom. The van der Waals surface area contributed by atoms with Gasteiger partial charge in [-0.1, -0.05) is 19.3 Å². The molecule has 2 N–H and O–H groups in total. The van der Waals surface area contributed by atoms with Crippen molar-refractivity contribution in [2.45, 2.75) is 51.1 Å². The molecule has 1 aliphatic carbocycles. The summed E-state index contributed by atoms with van der Waals surface area (Å²) < 4.78 is 0. The van der Waals surface area contributed by atoms with Crippen LogP contribution in [-0.2, 0) is 0 Å². The molecule has 1 unspecified atom stereocenters. The highest BCUT2D eigenvalue weighted by Crippen LogP contribution is 2.23. The number of aromatic nitrogens is 1. The molecule has 0 radical (unpaired) electrons. The van der Waals surface area contributed by atoms with Crippen LogP contribution in [0.2, 0.25) is 0 Å². The largest absolute Gasteiger partial charge is 0.394 e. The highest BCUT2D eigenvalue weighted by Gasteiger charge is 2.20. The zero-order valence-corrected chi connectivity index (χ0v) is 10.6. The first-order valence-electron chi connectivity index (χ1n) is 6.08. The van der Waals surface area contributed by atoms with E-state index in [1.54, 1.807) is 11.3 Å². The third-order valence-electron chi connectivity index (χ3n) is 3.16. The smallest absolute Gasteiger partial charge is 0.112 e. The van der Waals surface area contributed by atoms with E-state index in [-0.39, 0.29) is 12.6 Å². The Labute approximate surface area is 101 Å². The van der Waals surface area contributed by atoms with Gasteiger partial charge in [0.05, 0.1) is 12.6 Å². The lowest BCUT2D eigenvalue weighted by molar-refractivity contribution is 0.220. The normalized spacial score (nSPS) is 19.9. The molecule has 1 aromatic rings. The van der Waals surface area contributed by atoms with Gasteiger partial charge in [0.1, 0.15) is 5.01 Å². The lowest BCUT2D eigenvalue weighted by Gasteiger charge is -2.26. The molecule has 1 aliphatic rings. The minimum absolute atomic E-state index is 0.0294. The molecule has 0 aliphatic heterocycles. The number of rotatable bonds is 4. The molecular formula is C12H20N2OS. The highest BCUT2D eigenvalue weighted by atomic mass is 32.1. The second-order valence-corrected chi connectivity index (χ2v) is 5.45. The third-order valence-corrected chi connectivity index (χ3v) is 4.24. The van der Waals surface area contributed by atoms with E-state index in [0.29, 0.717) is 6.04 Å². The average Bonchev–Trinajstić information content (AvgIpc) is 2.74. The second-order valence-electron chi connectivity index (χ2n) is 4.56. The van der Waals surface area contributed by atoms with E-state index >= 15 is 0 Å². The van der Waals surface area contributed by atoms with Crippen LogP contribution in [0, 0.1) is 6.92 Å². The van der Waals surface area contributed by atoms with Gasteiger partial charge in [0.15, 0.2) is 0 Å². The molecule has 1 aromatic heterocycles. The fourth-order valence-corrected chi connectivity index (χ4v) is 3.14. The first-order valence-corrected chi connectivity index (χ1v) is 6.96. The number of hydrogen-bond acceptors (Lipinski definition) is 4. The third kappa shape index (κ3) is 3.03. The average molecular weight is 240 g/mol. The number of aryl methyl sites for hydroxylation is 1. The van der Waals surface area contributed by atoms with E-state index in [0.717, 1.165) is 10.7 Å². The van der Waals surface area contributed by atoms with Gasteiger partial charge < -0.3 is 10.4 Å². The molecule has 0 aromatic carbocycles. The number of nitrogens with one attached hydrogen (secondary N) is 1. The van der Waals surface area contributed by atoms with Crippen molar-refractivity contribution in [3.63, 3.8) is 0 Å². The standard InChI is InChI=1S/C12H20N2OS/c1-9-8-16-12(13-9)11(7-15)14-10-5-3-2-4-6-10/h8,10-11,14-15H,2-7H2,1H3. The van der Waals surface area contributed by atoms with Gasteiger partial charge in [-0.15, -0.1) is 11.3 Å². The fourth-order valence-electron chi connectivity index (χ4n) is 2.29. The van der Waals surface area contributed by atoms with Crippen molar-refractivity contribution in [2.24, 2.45) is 0 Å². The SMILES string of the molecule is Cc1csc(C(CO)NC2CCCCC2)n1. The molecule has 1 heterocycles. The Kier molecular flexibility index (Phi) is 4.32. The summed E-state index contributed by atoms with van der Waals surface area (Å²) in [5, 5.41) is 16.0. The first-order chi connectivity index (χ1) is 7.79. The van der Waals surface area contributed by atoms with E-state index < -0.39 is 0 Å². The minimum atomic E-state index is 0.0294. The summed E-state index contributed by atoms with van der Waals surface area (Å²) in [5.74, 6) is 0. The van der Waals surface area contributed by atoms with E-state index in [1.807, 2.05) is 12.3 Å². The Balaban J connectivity index is 1.94. The van der Waals surface area contributed by atoms with Crippen molar-refractivity contribution in [1.82, 2.24) is 10.3 Å². The molecule has 0 bridgehead atoms. The predicted octanol–water partition coefficient (Wildman–Crippen LogP) is 2.41. The number of thiazole rings is 1. The summed E-state index contributed by atoms with van der Waals surface area (Å²) in [6, 6.07) is 0.594. The number of aliphatic hydroxyl groups is 1. The van der Waals surface area contributed by atoms with Crippen molar-refractivity contribution in [1.29, 1.82) is 0 Å². The molecule has 1 fully saturated rings. The van der Waals surface area contributed by atoms with Crippen molar-refractivity contribution in [3.8, 4) is 0 Å². The van der Waals surface area contributed by atoms with Crippen molar-refractivity contribution in [3.05, 3.63) is 16.1 Å². The van der Waals surface area contributed by atoms with Crippen LogP contribution in [0.5, 0.6) is 0 Å². The maximum Gasteiger partial charge on any atom is 0.112 e. The van der Waals surface area contributed by atoms with E-state index in [1.165, 1.54) is 32.1 Å². The summed E-state index contributed by atoms with van der Waals surface area (Å²) in [6.45, 7) is 2.14. The van der Waals surface area contributed by atoms with Gasteiger partial charge in [-0.05, 0) is 19.8 Å². The topological polar surface area (TPSA) is 45.1 Å². The van der Waals surface area contributed by atoms with Crippen LogP contribution in [0.1, 0.15) is 48.8 Å². The van der Waals surface area contributed by atoms with Gasteiger partial charge in [-0.2, -0.15) is 0 Å². The van der Waals surface area contributed by atoms with E-state index in [4.69, 9.17) is 0 Å². The number of hydrogen-bond donors (Lipinski definition) is 2. The molecule has 90 valence electrons. The van der Waals surface area contributed by atoms with Crippen LogP contribution in [-0.4, -0.2) is 22.7 Å². The van der Waals surface area contributed by atoms with E-state index in [9.17, 15) is 5.11 Å². The predicted molar refractivity (Wildman–Crippen MR) is 66.7 cm³/mol. The molecule has 0 spiro atoms. The van der Waals surface area contributed by atoms with Crippen LogP contribution in [0.15, 0.2) is 5.38 Å². The maximum absolute atomic E-state index is 9.42. The second kappa shape index (κ2) is 5.75. The quantitative estimate of drug-likeness (QED) is 0.849. The summed E-state index contributed by atoms with van der Waals surface area (Å²) in [5.41, 5.74) is 1.05. The lowest BCUT2D eigenvalue weighted by Crippen LogP contribution is -2.36. The van der Waals surface area contributed by atoms with Crippen LogP contribution >= 0.6 is 11.3 Å². The Morgan fingerprint density at radius 3 is 2.81 bits per heavy atom. The first kappa shape index (κ1) is 12.0. The Hall–Kier alpha value is -0.450. The zero-order chi connectivity index (χ0) is 11.4. The van der Waals surface area contributed by atoms with E-state index in [2.05, 4.69) is 10.3 Å². The monoisotopic (exact) mass is 240 g/mol. The summed E-state index contributed by atoms with van der Waals surface area (Å²) in [4.78, 5) is 4.44. The molecule has 1 saturated carbocycles. The summed E-state index contributed by atoms with van der Waals surface area (Å²) in [6.07, 6.45) is 6.46. The highest BCUT2D eigenvalue weighted by molar-refractivity contribution is 7.09. The van der Waals surface area contributed by atoms with Crippen molar-refractivity contribution >= 4 is 11.3 Å². The minimum Gasteiger partial charge on any atom is -0.394 e. The molecule has 0 amide bonds. The molecule has 1 atom stereocenters. The van der Waals surface area contributed by atoms with Gasteiger partial charge in [0.25, 0.3) is 0 Å². The van der Waals surface area contributed by atoms with Crippen molar-refractivity contribution in [2.75, 3.05) is 6.61 Å². The van der Waals surface area contributed by atoms with Gasteiger partial charge >= 0.3 is 0 Å². The summed E-state index contributed by atoms with van der Waals surface area (Å²) in [7, 11) is 0. The van der Waals surface area contributed by atoms with Crippen LogP contribution in [0.3, 0.4) is 0 Å². The van der Waals surface area contributed by atoms with Crippen LogP contribution < -0.4 is 5.32 Å². The van der Waals surface area contributed by atoms with Crippen LogP contribution in [0.4, 0.5) is 0 Å². The van der Waals surface area contributed by atoms with Crippen LogP contribution in [0.25, 0.3) is 0 Å². The lowest BCUT2D eigenvalue weighted by atomic mass is 9.95. The Bertz CT molecular complexity index is 321. The number of nitrogens with zero attached hydrogens (tertiary/aromatic N) is 1. The molecule has 3 nitrogen and oxygen atoms in total. The summed E-state index contributed by atoms with van der Waals surface area (Å²) >= 11 is 1.64. The molecule has 2 rings (SSSR count). The Morgan fingerprint density at radius 1 is 1.50 bits per heavy atom. The molecule has 16 heavy (non-hydrogen) atoms. The maximum atomic E-state index is 9.42. The molecule has 4 heteroatoms. The van der Waals surface area contributed by atoms with Gasteiger partial charge in [-0.25, -0.2) is 4.98 Å². The van der Waals surface area contributed by atoms with Gasteiger partial charge in [0.2, 0.25) is 0 Å². The molecular weight excluding hydrogens is 220 g/mol. The van der Waals surface area contributed by atoms with Gasteiger partial charge in [0, 0.05) is 17.1 Å². The number of aliphatic hydroxyl groups excluding tert-OH is 1.